The monoisotopic (exact) mass is 464 g/mol. The van der Waals surface area contributed by atoms with Gasteiger partial charge in [-0.3, -0.25) is 14.8 Å². The fourth-order valence-corrected chi connectivity index (χ4v) is 3.36. The SMILES string of the molecule is CCCCC/C=C\C/C=C\CCCCCCCCNN(CC)C(=O)n1cc(F)c(=O)[nH]c1=O. The first-order valence-corrected chi connectivity index (χ1v) is 12.4. The van der Waals surface area contributed by atoms with Crippen molar-refractivity contribution in [3.63, 3.8) is 0 Å². The number of nitrogens with one attached hydrogen (secondary N) is 2. The van der Waals surface area contributed by atoms with Crippen LogP contribution in [0.5, 0.6) is 0 Å². The number of nitrogens with zero attached hydrogens (tertiary/aromatic N) is 2. The van der Waals surface area contributed by atoms with Crippen LogP contribution < -0.4 is 16.7 Å². The number of hydrogen-bond donors (Lipinski definition) is 2. The van der Waals surface area contributed by atoms with Crippen molar-refractivity contribution in [1.29, 1.82) is 0 Å². The molecule has 1 aromatic heterocycles. The molecule has 0 saturated carbocycles. The van der Waals surface area contributed by atoms with Crippen molar-refractivity contribution >= 4 is 6.03 Å². The van der Waals surface area contributed by atoms with E-state index >= 15 is 0 Å². The van der Waals surface area contributed by atoms with E-state index in [1.807, 2.05) is 0 Å². The zero-order chi connectivity index (χ0) is 24.3. The molecule has 0 aromatic carbocycles. The van der Waals surface area contributed by atoms with Crippen LogP contribution >= 0.6 is 0 Å². The molecule has 0 spiro atoms. The van der Waals surface area contributed by atoms with E-state index in [1.165, 1.54) is 50.0 Å². The molecule has 0 unspecified atom stereocenters. The maximum atomic E-state index is 13.4. The van der Waals surface area contributed by atoms with Crippen molar-refractivity contribution in [3.05, 3.63) is 57.2 Å². The molecule has 0 aliphatic carbocycles. The summed E-state index contributed by atoms with van der Waals surface area (Å²) in [6.45, 7) is 4.85. The molecule has 0 saturated heterocycles. The Morgan fingerprint density at radius 2 is 1.58 bits per heavy atom. The molecule has 1 amide bonds. The molecule has 33 heavy (non-hydrogen) atoms. The number of carbonyl (C=O) groups is 1. The van der Waals surface area contributed by atoms with Crippen molar-refractivity contribution in [1.82, 2.24) is 20.0 Å². The summed E-state index contributed by atoms with van der Waals surface area (Å²) in [4.78, 5) is 37.0. The minimum Gasteiger partial charge on any atom is -0.271 e. The average molecular weight is 465 g/mol. The minimum atomic E-state index is -1.18. The van der Waals surface area contributed by atoms with Gasteiger partial charge in [0.25, 0.3) is 5.56 Å². The van der Waals surface area contributed by atoms with E-state index in [2.05, 4.69) is 36.7 Å². The van der Waals surface area contributed by atoms with Gasteiger partial charge in [0.15, 0.2) is 0 Å². The van der Waals surface area contributed by atoms with E-state index in [0.717, 1.165) is 32.1 Å². The lowest BCUT2D eigenvalue weighted by atomic mass is 10.1. The predicted molar refractivity (Wildman–Crippen MR) is 132 cm³/mol. The Bertz CT molecular complexity index is 845. The van der Waals surface area contributed by atoms with Crippen LogP contribution in [-0.4, -0.2) is 33.7 Å². The maximum Gasteiger partial charge on any atom is 0.346 e. The van der Waals surface area contributed by atoms with Gasteiger partial charge in [-0.15, -0.1) is 0 Å². The van der Waals surface area contributed by atoms with Crippen molar-refractivity contribution in [2.24, 2.45) is 0 Å². The third kappa shape index (κ3) is 12.4. The Morgan fingerprint density at radius 3 is 2.21 bits per heavy atom. The molecule has 0 fully saturated rings. The van der Waals surface area contributed by atoms with Gasteiger partial charge in [-0.05, 0) is 45.4 Å². The highest BCUT2D eigenvalue weighted by Crippen LogP contribution is 2.08. The molecule has 1 aromatic rings. The molecule has 0 atom stereocenters. The summed E-state index contributed by atoms with van der Waals surface area (Å²) in [5.41, 5.74) is 0.878. The lowest BCUT2D eigenvalue weighted by Gasteiger charge is -2.22. The topological polar surface area (TPSA) is 87.2 Å². The number of aromatic nitrogens is 2. The molecule has 0 radical (unpaired) electrons. The third-order valence-corrected chi connectivity index (χ3v) is 5.33. The summed E-state index contributed by atoms with van der Waals surface area (Å²) in [6.07, 6.45) is 23.6. The molecular formula is C25H41FN4O3. The normalized spacial score (nSPS) is 11.6. The number of amides is 1. The molecule has 8 heteroatoms. The van der Waals surface area contributed by atoms with Gasteiger partial charge in [0.05, 0.1) is 6.20 Å². The second kappa shape index (κ2) is 18.0. The van der Waals surface area contributed by atoms with E-state index in [4.69, 9.17) is 0 Å². The van der Waals surface area contributed by atoms with Crippen molar-refractivity contribution < 1.29 is 9.18 Å². The standard InChI is InChI=1S/C25H41FN4O3/c1-3-5-6-7-8-9-10-11-12-13-14-15-16-17-18-19-20-27-30(4-2)25(33)29-21-22(26)23(31)28-24(29)32/h8-9,11-12,21,27H,3-7,10,13-20H2,1-2H3,(H,28,31,32)/b9-8-,12-11-. The molecule has 0 aliphatic rings. The quantitative estimate of drug-likeness (QED) is 0.186. The number of hydrazine groups is 1. The molecular weight excluding hydrogens is 423 g/mol. The largest absolute Gasteiger partial charge is 0.346 e. The summed E-state index contributed by atoms with van der Waals surface area (Å²) in [5.74, 6) is -1.18. The second-order valence-electron chi connectivity index (χ2n) is 8.13. The third-order valence-electron chi connectivity index (χ3n) is 5.33. The van der Waals surface area contributed by atoms with Crippen LogP contribution in [0.4, 0.5) is 9.18 Å². The fraction of sp³-hybridized carbons (Fsp3) is 0.640. The van der Waals surface area contributed by atoms with E-state index in [0.29, 0.717) is 23.9 Å². The van der Waals surface area contributed by atoms with Crippen LogP contribution in [0.2, 0.25) is 0 Å². The van der Waals surface area contributed by atoms with E-state index in [-0.39, 0.29) is 0 Å². The van der Waals surface area contributed by atoms with Crippen LogP contribution in [0, 0.1) is 5.82 Å². The highest BCUT2D eigenvalue weighted by molar-refractivity contribution is 5.75. The van der Waals surface area contributed by atoms with E-state index in [9.17, 15) is 18.8 Å². The number of carbonyl (C=O) groups excluding carboxylic acids is 1. The average Bonchev–Trinajstić information content (AvgIpc) is 2.80. The van der Waals surface area contributed by atoms with Gasteiger partial charge < -0.3 is 0 Å². The molecule has 1 rings (SSSR count). The number of H-pyrrole nitrogens is 1. The first-order chi connectivity index (χ1) is 16.0. The molecule has 186 valence electrons. The smallest absolute Gasteiger partial charge is 0.271 e. The van der Waals surface area contributed by atoms with Gasteiger partial charge in [0.2, 0.25) is 5.82 Å². The Hall–Kier alpha value is -2.48. The summed E-state index contributed by atoms with van der Waals surface area (Å²) in [7, 11) is 0. The zero-order valence-corrected chi connectivity index (χ0v) is 20.3. The van der Waals surface area contributed by atoms with Crippen LogP contribution in [-0.2, 0) is 0 Å². The Morgan fingerprint density at radius 1 is 0.970 bits per heavy atom. The predicted octanol–water partition coefficient (Wildman–Crippen LogP) is 5.28. The lowest BCUT2D eigenvalue weighted by Crippen LogP contribution is -2.49. The van der Waals surface area contributed by atoms with Gasteiger partial charge in [-0.25, -0.2) is 19.6 Å². The lowest BCUT2D eigenvalue weighted by molar-refractivity contribution is 0.173. The summed E-state index contributed by atoms with van der Waals surface area (Å²) < 4.78 is 14.0. The van der Waals surface area contributed by atoms with E-state index in [1.54, 1.807) is 11.9 Å². The first kappa shape index (κ1) is 28.6. The van der Waals surface area contributed by atoms with Crippen LogP contribution in [0.3, 0.4) is 0 Å². The highest BCUT2D eigenvalue weighted by Gasteiger charge is 2.16. The van der Waals surface area contributed by atoms with Gasteiger partial charge in [-0.1, -0.05) is 69.8 Å². The number of allylic oxidation sites excluding steroid dienone is 4. The van der Waals surface area contributed by atoms with Crippen molar-refractivity contribution in [2.75, 3.05) is 13.1 Å². The molecule has 0 bridgehead atoms. The highest BCUT2D eigenvalue weighted by atomic mass is 19.1. The number of aromatic amines is 1. The molecule has 2 N–H and O–H groups in total. The van der Waals surface area contributed by atoms with Crippen molar-refractivity contribution in [3.8, 4) is 0 Å². The number of halogens is 1. The Balaban J connectivity index is 2.10. The van der Waals surface area contributed by atoms with Crippen LogP contribution in [0.15, 0.2) is 40.1 Å². The van der Waals surface area contributed by atoms with Crippen molar-refractivity contribution in [2.45, 2.75) is 90.9 Å². The molecule has 7 nitrogen and oxygen atoms in total. The number of unbranched alkanes of at least 4 members (excludes halogenated alkanes) is 9. The molecule has 0 aliphatic heterocycles. The first-order valence-electron chi connectivity index (χ1n) is 12.4. The summed E-state index contributed by atoms with van der Waals surface area (Å²) >= 11 is 0. The van der Waals surface area contributed by atoms with Gasteiger partial charge in [0, 0.05) is 13.1 Å². The maximum absolute atomic E-state index is 13.4. The van der Waals surface area contributed by atoms with Gasteiger partial charge >= 0.3 is 11.7 Å². The van der Waals surface area contributed by atoms with Crippen LogP contribution in [0.25, 0.3) is 0 Å². The Labute approximate surface area is 196 Å². The summed E-state index contributed by atoms with van der Waals surface area (Å²) in [5, 5.41) is 1.24. The number of rotatable bonds is 17. The molecule has 1 heterocycles. The Kier molecular flexibility index (Phi) is 15.6. The van der Waals surface area contributed by atoms with Gasteiger partial charge in [-0.2, -0.15) is 4.39 Å². The minimum absolute atomic E-state index is 0.300. The van der Waals surface area contributed by atoms with Gasteiger partial charge in [0.1, 0.15) is 0 Å². The zero-order valence-electron chi connectivity index (χ0n) is 20.3. The second-order valence-corrected chi connectivity index (χ2v) is 8.13. The van der Waals surface area contributed by atoms with Crippen LogP contribution in [0.1, 0.15) is 90.9 Å². The van der Waals surface area contributed by atoms with E-state index < -0.39 is 23.1 Å². The fourth-order valence-electron chi connectivity index (χ4n) is 3.36. The summed E-state index contributed by atoms with van der Waals surface area (Å²) in [6, 6.07) is -0.724. The number of hydrogen-bond acceptors (Lipinski definition) is 4.